The molecule has 0 amide bonds. The number of nitrogens with one attached hydrogen (secondary N) is 1. The molecule has 0 spiro atoms. The molecule has 9 heteroatoms. The number of halogens is 3. The lowest BCUT2D eigenvalue weighted by molar-refractivity contribution is -0.813. The first-order valence-electron chi connectivity index (χ1n) is 7.46. The van der Waals surface area contributed by atoms with Crippen molar-refractivity contribution in [1.29, 1.82) is 0 Å². The van der Waals surface area contributed by atoms with Gasteiger partial charge in [-0.15, -0.1) is 0 Å². The SMILES string of the molecule is C.C[C@@H](c1ncncc1F)[C@](O)(C[NH+]1C=NC=N1)c1ccc(F)cc1F. The van der Waals surface area contributed by atoms with Crippen LogP contribution in [0.4, 0.5) is 13.2 Å². The molecule has 1 aliphatic heterocycles. The molecule has 1 aromatic heterocycles. The number of quaternary nitrogens is 1. The summed E-state index contributed by atoms with van der Waals surface area (Å²) in [6.07, 6.45) is 4.80. The highest BCUT2D eigenvalue weighted by atomic mass is 19.1. The van der Waals surface area contributed by atoms with Gasteiger partial charge in [-0.2, -0.15) is 10.0 Å². The van der Waals surface area contributed by atoms with Gasteiger partial charge < -0.3 is 5.11 Å². The first-order chi connectivity index (χ1) is 11.9. The number of aromatic nitrogens is 2. The summed E-state index contributed by atoms with van der Waals surface area (Å²) in [6.45, 7) is 1.35. The lowest BCUT2D eigenvalue weighted by atomic mass is 9.79. The molecule has 2 N–H and O–H groups in total. The van der Waals surface area contributed by atoms with Crippen molar-refractivity contribution >= 4 is 12.7 Å². The fourth-order valence-electron chi connectivity index (χ4n) is 2.82. The van der Waals surface area contributed by atoms with E-state index in [9.17, 15) is 18.3 Å². The fourth-order valence-corrected chi connectivity index (χ4v) is 2.82. The lowest BCUT2D eigenvalue weighted by Gasteiger charge is -2.33. The average Bonchev–Trinajstić information content (AvgIpc) is 3.07. The minimum Gasteiger partial charge on any atom is -0.378 e. The standard InChI is InChI=1S/C16H14F3N5O.CH4/c1-10(15-14(19)5-20-7-22-15)16(25,6-24-9-21-8-23-24)12-3-2-11(17)4-13(12)18;/h2-5,7-10,25H,6H2,1H3;1H4/p+1/t10-,16+;/m0./s1. The molecule has 1 aromatic carbocycles. The zero-order valence-electron chi connectivity index (χ0n) is 13.2. The summed E-state index contributed by atoms with van der Waals surface area (Å²) in [4.78, 5) is 11.3. The van der Waals surface area contributed by atoms with Crippen LogP contribution < -0.4 is 5.01 Å². The monoisotopic (exact) mass is 366 g/mol. The Morgan fingerprint density at radius 2 is 2.00 bits per heavy atom. The average molecular weight is 366 g/mol. The van der Waals surface area contributed by atoms with Gasteiger partial charge in [0.2, 0.25) is 6.34 Å². The third-order valence-corrected chi connectivity index (χ3v) is 4.18. The van der Waals surface area contributed by atoms with Gasteiger partial charge in [0.1, 0.15) is 24.5 Å². The summed E-state index contributed by atoms with van der Waals surface area (Å²) in [5.74, 6) is -3.42. The molecule has 1 unspecified atom stereocenters. The summed E-state index contributed by atoms with van der Waals surface area (Å²) in [5, 5.41) is 15.7. The van der Waals surface area contributed by atoms with Gasteiger partial charge in [0.25, 0.3) is 0 Å². The molecule has 0 saturated heterocycles. The van der Waals surface area contributed by atoms with E-state index in [0.717, 1.165) is 24.7 Å². The van der Waals surface area contributed by atoms with Crippen molar-refractivity contribution in [1.82, 2.24) is 9.97 Å². The van der Waals surface area contributed by atoms with Gasteiger partial charge in [-0.05, 0) is 6.07 Å². The maximum absolute atomic E-state index is 14.4. The van der Waals surface area contributed by atoms with E-state index in [1.807, 2.05) is 0 Å². The Hall–Kier alpha value is -2.65. The Balaban J connectivity index is 0.00000243. The Bertz CT molecular complexity index is 833. The van der Waals surface area contributed by atoms with Gasteiger partial charge in [-0.3, -0.25) is 0 Å². The van der Waals surface area contributed by atoms with Crippen molar-refractivity contribution in [3.8, 4) is 0 Å². The van der Waals surface area contributed by atoms with Crippen molar-refractivity contribution in [3.63, 3.8) is 0 Å². The smallest absolute Gasteiger partial charge is 0.216 e. The van der Waals surface area contributed by atoms with E-state index < -0.39 is 29.0 Å². The maximum Gasteiger partial charge on any atom is 0.216 e. The zero-order valence-corrected chi connectivity index (χ0v) is 13.2. The molecular formula is C17H19F3N5O+. The second-order valence-electron chi connectivity index (χ2n) is 5.72. The van der Waals surface area contributed by atoms with E-state index in [2.05, 4.69) is 20.1 Å². The number of hydrogen-bond donors (Lipinski definition) is 2. The Morgan fingerprint density at radius 1 is 1.23 bits per heavy atom. The number of nitrogens with zero attached hydrogens (tertiary/aromatic N) is 4. The number of aliphatic hydroxyl groups is 1. The highest BCUT2D eigenvalue weighted by Crippen LogP contribution is 2.37. The topological polar surface area (TPSA) is 75.2 Å². The number of hydrogen-bond acceptors (Lipinski definition) is 5. The number of aliphatic imine (C=N–C) groups is 1. The first kappa shape index (κ1) is 19.7. The normalized spacial score (nSPS) is 19.0. The molecule has 138 valence electrons. The molecular weight excluding hydrogens is 347 g/mol. The van der Waals surface area contributed by atoms with E-state index in [-0.39, 0.29) is 25.2 Å². The second kappa shape index (κ2) is 7.71. The van der Waals surface area contributed by atoms with Gasteiger partial charge in [0, 0.05) is 17.5 Å². The first-order valence-corrected chi connectivity index (χ1v) is 7.46. The van der Waals surface area contributed by atoms with Crippen molar-refractivity contribution in [2.75, 3.05) is 6.54 Å². The largest absolute Gasteiger partial charge is 0.378 e. The van der Waals surface area contributed by atoms with Crippen LogP contribution in [0, 0.1) is 17.5 Å². The van der Waals surface area contributed by atoms with Crippen LogP contribution in [0.15, 0.2) is 40.8 Å². The number of rotatable bonds is 5. The van der Waals surface area contributed by atoms with Crippen LogP contribution in [0.2, 0.25) is 0 Å². The Labute approximate surface area is 148 Å². The third-order valence-electron chi connectivity index (χ3n) is 4.18. The summed E-state index contributed by atoms with van der Waals surface area (Å²) in [5.41, 5.74) is -2.18. The van der Waals surface area contributed by atoms with Crippen molar-refractivity contribution < 1.29 is 23.3 Å². The molecule has 2 heterocycles. The Morgan fingerprint density at radius 3 is 2.62 bits per heavy atom. The van der Waals surface area contributed by atoms with E-state index in [0.29, 0.717) is 11.1 Å². The van der Waals surface area contributed by atoms with Crippen LogP contribution in [0.3, 0.4) is 0 Å². The predicted molar refractivity (Wildman–Crippen MR) is 90.2 cm³/mol. The molecule has 3 atom stereocenters. The van der Waals surface area contributed by atoms with Gasteiger partial charge in [-0.1, -0.05) is 25.5 Å². The Kier molecular flexibility index (Phi) is 5.83. The molecule has 1 aliphatic rings. The van der Waals surface area contributed by atoms with E-state index in [1.54, 1.807) is 0 Å². The van der Waals surface area contributed by atoms with E-state index in [4.69, 9.17) is 0 Å². The predicted octanol–water partition coefficient (Wildman–Crippen LogP) is 1.39. The molecule has 0 bridgehead atoms. The third kappa shape index (κ3) is 3.63. The van der Waals surface area contributed by atoms with Crippen molar-refractivity contribution in [2.45, 2.75) is 25.9 Å². The minimum absolute atomic E-state index is 0. The van der Waals surface area contributed by atoms with Crippen LogP contribution in [0.25, 0.3) is 0 Å². The molecule has 0 saturated carbocycles. The number of benzene rings is 1. The maximum atomic E-state index is 14.4. The minimum atomic E-state index is -1.92. The highest BCUT2D eigenvalue weighted by Gasteiger charge is 2.45. The van der Waals surface area contributed by atoms with Crippen LogP contribution >= 0.6 is 0 Å². The quantitative estimate of drug-likeness (QED) is 0.840. The molecule has 0 radical (unpaired) electrons. The lowest BCUT2D eigenvalue weighted by Crippen LogP contribution is -3.07. The fraction of sp³-hybridized carbons (Fsp3) is 0.294. The van der Waals surface area contributed by atoms with Crippen LogP contribution in [-0.2, 0) is 5.60 Å². The molecule has 0 fully saturated rings. The summed E-state index contributed by atoms with van der Waals surface area (Å²) < 4.78 is 41.8. The van der Waals surface area contributed by atoms with Crippen LogP contribution in [0.5, 0.6) is 0 Å². The van der Waals surface area contributed by atoms with Gasteiger partial charge in [-0.25, -0.2) is 23.1 Å². The van der Waals surface area contributed by atoms with Crippen LogP contribution in [-0.4, -0.2) is 34.3 Å². The zero-order chi connectivity index (χ0) is 18.0. The van der Waals surface area contributed by atoms with Gasteiger partial charge >= 0.3 is 0 Å². The van der Waals surface area contributed by atoms with Crippen molar-refractivity contribution in [3.05, 3.63) is 59.4 Å². The van der Waals surface area contributed by atoms with E-state index >= 15 is 0 Å². The van der Waals surface area contributed by atoms with Gasteiger partial charge in [0.15, 0.2) is 17.8 Å². The van der Waals surface area contributed by atoms with Crippen molar-refractivity contribution in [2.24, 2.45) is 10.1 Å². The second-order valence-corrected chi connectivity index (χ2v) is 5.72. The molecule has 6 nitrogen and oxygen atoms in total. The highest BCUT2D eigenvalue weighted by molar-refractivity contribution is 5.69. The summed E-state index contributed by atoms with van der Waals surface area (Å²) in [6, 6.07) is 2.83. The summed E-state index contributed by atoms with van der Waals surface area (Å²) in [7, 11) is 0. The molecule has 26 heavy (non-hydrogen) atoms. The van der Waals surface area contributed by atoms with E-state index in [1.165, 1.54) is 19.6 Å². The van der Waals surface area contributed by atoms with Gasteiger partial charge in [0.05, 0.1) is 11.9 Å². The molecule has 2 aromatic rings. The molecule has 3 rings (SSSR count). The molecule has 0 aliphatic carbocycles. The summed E-state index contributed by atoms with van der Waals surface area (Å²) >= 11 is 0. The van der Waals surface area contributed by atoms with Crippen LogP contribution in [0.1, 0.15) is 31.5 Å².